The molecule has 4 nitrogen and oxygen atoms in total. The molecule has 1 rings (SSSR count). The first-order chi connectivity index (χ1) is 7.82. The molecule has 0 aliphatic rings. The van der Waals surface area contributed by atoms with Gasteiger partial charge in [-0.25, -0.2) is 8.42 Å². The van der Waals surface area contributed by atoms with Gasteiger partial charge in [0, 0.05) is 31.2 Å². The van der Waals surface area contributed by atoms with Crippen LogP contribution in [0.3, 0.4) is 0 Å². The van der Waals surface area contributed by atoms with Gasteiger partial charge >= 0.3 is 0 Å². The van der Waals surface area contributed by atoms with Crippen LogP contribution in [0.25, 0.3) is 0 Å². The quantitative estimate of drug-likeness (QED) is 0.797. The Balaban J connectivity index is 2.68. The average Bonchev–Trinajstić information content (AvgIpc) is 2.27. The number of aromatic nitrogens is 1. The molecule has 0 radical (unpaired) electrons. The Hall–Kier alpha value is -0.940. The second kappa shape index (κ2) is 5.60. The summed E-state index contributed by atoms with van der Waals surface area (Å²) in [5.74, 6) is 0. The van der Waals surface area contributed by atoms with Crippen molar-refractivity contribution < 1.29 is 8.42 Å². The van der Waals surface area contributed by atoms with Crippen molar-refractivity contribution in [1.29, 1.82) is 0 Å². The minimum Gasteiger partial charge on any atom is -0.298 e. The molecule has 0 aliphatic carbocycles. The first kappa shape index (κ1) is 14.1. The van der Waals surface area contributed by atoms with Gasteiger partial charge in [-0.3, -0.25) is 9.88 Å². The second-order valence-corrected chi connectivity index (χ2v) is 6.95. The first-order valence-corrected chi connectivity index (χ1v) is 7.56. The third kappa shape index (κ3) is 4.09. The van der Waals surface area contributed by atoms with Gasteiger partial charge in [0.1, 0.15) is 0 Å². The van der Waals surface area contributed by atoms with E-state index in [0.29, 0.717) is 6.54 Å². The fourth-order valence-electron chi connectivity index (χ4n) is 1.64. The van der Waals surface area contributed by atoms with Gasteiger partial charge in [-0.1, -0.05) is 6.07 Å². The number of hydrogen-bond donors (Lipinski definition) is 0. The van der Waals surface area contributed by atoms with E-state index in [1.54, 1.807) is 19.3 Å². The van der Waals surface area contributed by atoms with Crippen LogP contribution in [0.5, 0.6) is 0 Å². The predicted octanol–water partition coefficient (Wildman–Crippen LogP) is 1.33. The lowest BCUT2D eigenvalue weighted by Gasteiger charge is -2.28. The summed E-state index contributed by atoms with van der Waals surface area (Å²) in [5, 5.41) is -0.371. The first-order valence-electron chi connectivity index (χ1n) is 5.60. The highest BCUT2D eigenvalue weighted by Crippen LogP contribution is 2.12. The van der Waals surface area contributed by atoms with Crippen LogP contribution in [-0.4, -0.2) is 42.9 Å². The fourth-order valence-corrected chi connectivity index (χ4v) is 2.56. The SMILES string of the molecule is C[C@H]([C@H](C)S(C)(=O)=O)N(C)Cc1cccnc1. The van der Waals surface area contributed by atoms with Crippen LogP contribution in [0.15, 0.2) is 24.5 Å². The van der Waals surface area contributed by atoms with Crippen LogP contribution in [0, 0.1) is 0 Å². The van der Waals surface area contributed by atoms with Crippen molar-refractivity contribution in [2.24, 2.45) is 0 Å². The highest BCUT2D eigenvalue weighted by molar-refractivity contribution is 7.91. The van der Waals surface area contributed by atoms with Gasteiger partial charge in [0.15, 0.2) is 9.84 Å². The zero-order valence-electron chi connectivity index (χ0n) is 10.8. The van der Waals surface area contributed by atoms with Crippen LogP contribution in [0.4, 0.5) is 0 Å². The maximum atomic E-state index is 11.5. The highest BCUT2D eigenvalue weighted by Gasteiger charge is 2.25. The third-order valence-electron chi connectivity index (χ3n) is 3.20. The lowest BCUT2D eigenvalue weighted by Crippen LogP contribution is -2.40. The van der Waals surface area contributed by atoms with E-state index in [-0.39, 0.29) is 11.3 Å². The van der Waals surface area contributed by atoms with Crippen LogP contribution in [0.1, 0.15) is 19.4 Å². The van der Waals surface area contributed by atoms with E-state index in [2.05, 4.69) is 4.98 Å². The molecule has 0 aliphatic heterocycles. The van der Waals surface area contributed by atoms with Gasteiger partial charge in [0.25, 0.3) is 0 Å². The summed E-state index contributed by atoms with van der Waals surface area (Å²) < 4.78 is 23.0. The average molecular weight is 256 g/mol. The molecule has 0 aromatic carbocycles. The van der Waals surface area contributed by atoms with Crippen molar-refractivity contribution in [3.63, 3.8) is 0 Å². The summed E-state index contributed by atoms with van der Waals surface area (Å²) in [6, 6.07) is 3.85. The van der Waals surface area contributed by atoms with Crippen LogP contribution in [0.2, 0.25) is 0 Å². The Morgan fingerprint density at radius 1 is 1.41 bits per heavy atom. The molecule has 0 unspecified atom stereocenters. The summed E-state index contributed by atoms with van der Waals surface area (Å²) in [5.41, 5.74) is 1.09. The monoisotopic (exact) mass is 256 g/mol. The Morgan fingerprint density at radius 2 is 2.06 bits per heavy atom. The zero-order chi connectivity index (χ0) is 13.1. The van der Waals surface area contributed by atoms with Crippen molar-refractivity contribution in [2.75, 3.05) is 13.3 Å². The molecule has 1 heterocycles. The number of nitrogens with zero attached hydrogens (tertiary/aromatic N) is 2. The van der Waals surface area contributed by atoms with Gasteiger partial charge in [0.05, 0.1) is 5.25 Å². The van der Waals surface area contributed by atoms with E-state index in [1.165, 1.54) is 6.26 Å². The number of pyridine rings is 1. The molecule has 0 amide bonds. The summed E-state index contributed by atoms with van der Waals surface area (Å²) in [4.78, 5) is 6.08. The predicted molar refractivity (Wildman–Crippen MR) is 69.5 cm³/mol. The van der Waals surface area contributed by atoms with Gasteiger partial charge < -0.3 is 0 Å². The summed E-state index contributed by atoms with van der Waals surface area (Å²) >= 11 is 0. The standard InChI is InChI=1S/C12H20N2O2S/c1-10(11(2)17(4,15)16)14(3)9-12-6-5-7-13-8-12/h5-8,10-11H,9H2,1-4H3/t10-,11+/m1/s1. The molecule has 0 spiro atoms. The molecule has 1 aromatic heterocycles. The Kier molecular flexibility index (Phi) is 4.65. The van der Waals surface area contributed by atoms with E-state index in [1.807, 2.05) is 31.0 Å². The minimum absolute atomic E-state index is 0.0230. The molecule has 0 saturated carbocycles. The lowest BCUT2D eigenvalue weighted by molar-refractivity contribution is 0.245. The number of hydrogen-bond acceptors (Lipinski definition) is 4. The third-order valence-corrected chi connectivity index (χ3v) is 4.95. The molecule has 96 valence electrons. The van der Waals surface area contributed by atoms with E-state index in [4.69, 9.17) is 0 Å². The fraction of sp³-hybridized carbons (Fsp3) is 0.583. The molecule has 2 atom stereocenters. The Bertz CT molecular complexity index is 445. The van der Waals surface area contributed by atoms with Gasteiger partial charge in [-0.05, 0) is 32.5 Å². The second-order valence-electron chi connectivity index (χ2n) is 4.55. The molecular formula is C12H20N2O2S. The lowest BCUT2D eigenvalue weighted by atomic mass is 10.2. The highest BCUT2D eigenvalue weighted by atomic mass is 32.2. The molecule has 0 saturated heterocycles. The Morgan fingerprint density at radius 3 is 2.53 bits per heavy atom. The van der Waals surface area contributed by atoms with Crippen molar-refractivity contribution in [2.45, 2.75) is 31.7 Å². The molecule has 0 bridgehead atoms. The van der Waals surface area contributed by atoms with Crippen molar-refractivity contribution in [1.82, 2.24) is 9.88 Å². The van der Waals surface area contributed by atoms with Gasteiger partial charge in [0.2, 0.25) is 0 Å². The normalized spacial score (nSPS) is 15.8. The van der Waals surface area contributed by atoms with Gasteiger partial charge in [-0.15, -0.1) is 0 Å². The van der Waals surface area contributed by atoms with Crippen LogP contribution in [-0.2, 0) is 16.4 Å². The van der Waals surface area contributed by atoms with Gasteiger partial charge in [-0.2, -0.15) is 0 Å². The van der Waals surface area contributed by atoms with Crippen LogP contribution < -0.4 is 0 Å². The molecule has 0 fully saturated rings. The van der Waals surface area contributed by atoms with E-state index >= 15 is 0 Å². The topological polar surface area (TPSA) is 50.3 Å². The Labute approximate surface area is 104 Å². The van der Waals surface area contributed by atoms with Crippen molar-refractivity contribution >= 4 is 9.84 Å². The number of sulfone groups is 1. The van der Waals surface area contributed by atoms with Crippen molar-refractivity contribution in [3.8, 4) is 0 Å². The largest absolute Gasteiger partial charge is 0.298 e. The molecule has 1 aromatic rings. The smallest absolute Gasteiger partial charge is 0.151 e. The molecule has 0 N–H and O–H groups in total. The zero-order valence-corrected chi connectivity index (χ0v) is 11.6. The van der Waals surface area contributed by atoms with E-state index < -0.39 is 9.84 Å². The number of rotatable bonds is 5. The molecular weight excluding hydrogens is 236 g/mol. The van der Waals surface area contributed by atoms with E-state index in [0.717, 1.165) is 5.56 Å². The van der Waals surface area contributed by atoms with Crippen LogP contribution >= 0.6 is 0 Å². The van der Waals surface area contributed by atoms with E-state index in [9.17, 15) is 8.42 Å². The summed E-state index contributed by atoms with van der Waals surface area (Å²) in [7, 11) is -1.07. The minimum atomic E-state index is -3.00. The maximum Gasteiger partial charge on any atom is 0.151 e. The van der Waals surface area contributed by atoms with Crippen molar-refractivity contribution in [3.05, 3.63) is 30.1 Å². The molecule has 17 heavy (non-hydrogen) atoms. The summed E-state index contributed by atoms with van der Waals surface area (Å²) in [6.07, 6.45) is 4.81. The summed E-state index contributed by atoms with van der Waals surface area (Å²) in [6.45, 7) is 4.39. The maximum absolute atomic E-state index is 11.5. The molecule has 5 heteroatoms.